The molecule has 3 unspecified atom stereocenters. The van der Waals surface area contributed by atoms with Gasteiger partial charge in [-0.1, -0.05) is 134 Å². The smallest absolute Gasteiger partial charge is 0.0741 e. The number of fused-ring (bicyclic) bond motifs is 4. The van der Waals surface area contributed by atoms with Crippen molar-refractivity contribution in [2.24, 2.45) is 0 Å². The second-order valence-electron chi connectivity index (χ2n) is 15.8. The molecule has 0 aromatic heterocycles. The predicted molar refractivity (Wildman–Crippen MR) is 229 cm³/mol. The number of hydrogen-bond acceptors (Lipinski definition) is 1. The zero-order valence-electron chi connectivity index (χ0n) is 30.5. The second-order valence-corrected chi connectivity index (χ2v) is 23.7. The Morgan fingerprint density at radius 3 is 1.69 bits per heavy atom. The predicted octanol–water partition coefficient (Wildman–Crippen LogP) is 15.4. The van der Waals surface area contributed by atoms with Crippen molar-refractivity contribution < 1.29 is 0 Å². The lowest BCUT2D eigenvalue weighted by Gasteiger charge is -2.49. The largest absolute Gasteiger partial charge is 0.310 e. The van der Waals surface area contributed by atoms with Crippen molar-refractivity contribution in [3.05, 3.63) is 159 Å². The van der Waals surface area contributed by atoms with Gasteiger partial charge in [-0.25, -0.2) is 0 Å². The third kappa shape index (κ3) is 5.77. The Morgan fingerprint density at radius 2 is 1.10 bits per heavy atom. The molecule has 1 nitrogen and oxygen atoms in total. The Balaban J connectivity index is 1.41. The van der Waals surface area contributed by atoms with Crippen LogP contribution in [0.25, 0.3) is 21.9 Å². The van der Waals surface area contributed by atoms with E-state index in [-0.39, 0.29) is 0 Å². The first-order valence-electron chi connectivity index (χ1n) is 18.7. The van der Waals surface area contributed by atoms with Crippen LogP contribution in [0.2, 0.25) is 16.6 Å². The number of anilines is 3. The second kappa shape index (κ2) is 13.5. The van der Waals surface area contributed by atoms with E-state index in [0.717, 1.165) is 20.3 Å². The van der Waals surface area contributed by atoms with Gasteiger partial charge >= 0.3 is 0 Å². The van der Waals surface area contributed by atoms with Crippen molar-refractivity contribution in [3.8, 4) is 11.1 Å². The lowest BCUT2D eigenvalue weighted by molar-refractivity contribution is 0.769. The number of rotatable bonds is 9. The fourth-order valence-corrected chi connectivity index (χ4v) is 18.5. The quantitative estimate of drug-likeness (QED) is 0.131. The lowest BCUT2D eigenvalue weighted by atomic mass is 9.89. The first kappa shape index (κ1) is 34.6. The topological polar surface area (TPSA) is 3.24 Å². The molecule has 8 rings (SSSR count). The van der Waals surface area contributed by atoms with Crippen molar-refractivity contribution in [2.75, 3.05) is 4.90 Å². The van der Waals surface area contributed by atoms with Crippen LogP contribution >= 0.6 is 31.9 Å². The molecule has 0 saturated heterocycles. The maximum absolute atomic E-state index is 3.66. The molecule has 2 aliphatic carbocycles. The van der Waals surface area contributed by atoms with Crippen LogP contribution in [0, 0.1) is 0 Å². The van der Waals surface area contributed by atoms with Gasteiger partial charge in [0.1, 0.15) is 0 Å². The Labute approximate surface area is 322 Å². The van der Waals surface area contributed by atoms with Crippen molar-refractivity contribution in [3.63, 3.8) is 0 Å². The van der Waals surface area contributed by atoms with E-state index in [4.69, 9.17) is 0 Å². The molecule has 51 heavy (non-hydrogen) atoms. The van der Waals surface area contributed by atoms with Crippen LogP contribution in [0.15, 0.2) is 136 Å². The van der Waals surface area contributed by atoms with E-state index in [0.29, 0.717) is 34.0 Å². The van der Waals surface area contributed by atoms with Gasteiger partial charge in [-0.2, -0.15) is 0 Å². The van der Waals surface area contributed by atoms with Gasteiger partial charge in [0, 0.05) is 31.5 Å². The molecule has 2 aliphatic rings. The Kier molecular flexibility index (Phi) is 9.18. The maximum Gasteiger partial charge on any atom is 0.0741 e. The monoisotopic (exact) mass is 811 g/mol. The summed E-state index contributed by atoms with van der Waals surface area (Å²) in [7, 11) is -1.98. The summed E-state index contributed by atoms with van der Waals surface area (Å²) in [5.41, 5.74) is 15.2. The number of nitrogens with zero attached hydrogens (tertiary/aromatic N) is 1. The minimum Gasteiger partial charge on any atom is -0.310 e. The van der Waals surface area contributed by atoms with E-state index in [1.807, 2.05) is 0 Å². The molecule has 0 aliphatic heterocycles. The molecule has 0 spiro atoms. The highest BCUT2D eigenvalue weighted by molar-refractivity contribution is 9.10. The van der Waals surface area contributed by atoms with E-state index < -0.39 is 8.07 Å². The first-order chi connectivity index (χ1) is 24.6. The van der Waals surface area contributed by atoms with Crippen LogP contribution in [-0.2, 0) is 0 Å². The zero-order valence-corrected chi connectivity index (χ0v) is 34.7. The van der Waals surface area contributed by atoms with Crippen molar-refractivity contribution in [1.82, 2.24) is 0 Å². The van der Waals surface area contributed by atoms with Gasteiger partial charge in [-0.3, -0.25) is 0 Å². The van der Waals surface area contributed by atoms with E-state index in [1.54, 1.807) is 16.7 Å². The van der Waals surface area contributed by atoms with Gasteiger partial charge in [0.2, 0.25) is 0 Å². The molecule has 1 fully saturated rings. The van der Waals surface area contributed by atoms with Crippen LogP contribution in [0.1, 0.15) is 87.6 Å². The average molecular weight is 814 g/mol. The van der Waals surface area contributed by atoms with Crippen LogP contribution < -0.4 is 4.90 Å². The third-order valence-corrected chi connectivity index (χ3v) is 21.0. The fraction of sp³-hybridized carbons (Fsp3) is 0.277. The number of benzene rings is 6. The Morgan fingerprint density at radius 1 is 0.549 bits per heavy atom. The molecule has 3 atom stereocenters. The zero-order chi connectivity index (χ0) is 35.6. The highest BCUT2D eigenvalue weighted by Crippen LogP contribution is 2.65. The highest BCUT2D eigenvalue weighted by Gasteiger charge is 2.55. The molecule has 4 heteroatoms. The molecule has 6 aromatic carbocycles. The maximum atomic E-state index is 3.66. The van der Waals surface area contributed by atoms with Crippen molar-refractivity contribution >= 4 is 67.8 Å². The van der Waals surface area contributed by atoms with Gasteiger partial charge in [-0.15, -0.1) is 0 Å². The summed E-state index contributed by atoms with van der Waals surface area (Å²) in [6.07, 6.45) is 1.21. The summed E-state index contributed by atoms with van der Waals surface area (Å²) in [5.74, 6) is 1.07. The molecular weight excluding hydrogens is 766 g/mol. The fourth-order valence-electron chi connectivity index (χ4n) is 10.4. The van der Waals surface area contributed by atoms with Gasteiger partial charge < -0.3 is 4.90 Å². The van der Waals surface area contributed by atoms with Crippen molar-refractivity contribution in [1.29, 1.82) is 0 Å². The minimum atomic E-state index is -1.98. The molecule has 1 saturated carbocycles. The summed E-state index contributed by atoms with van der Waals surface area (Å²) >= 11 is 7.33. The number of halogens is 2. The summed E-state index contributed by atoms with van der Waals surface area (Å²) in [6.45, 7) is 15.3. The SMILES string of the molecule is CC(C)[Si](C(C)C)(C(C)C)C1c2ccccc2-c2cc3cc(N(c4ccc(Br)cc4)c4ccc(Br)cc4)ccc3c(C3CC3c3ccccc3)c21. The van der Waals surface area contributed by atoms with Crippen LogP contribution in [0.5, 0.6) is 0 Å². The standard InChI is InChI=1S/C47H47Br2NSi/c1-29(2)51(30(3)4,31(5)6)47-41-15-11-10-14-40(41)43-27-33-26-38(50(36-20-16-34(48)17-21-36)37-22-18-35(49)19-23-37)24-25-39(33)45(46(43)47)44-28-42(44)32-12-8-7-9-13-32/h7-27,29-31,42,44,47H,28H2,1-6H3. The summed E-state index contributed by atoms with van der Waals surface area (Å²) < 4.78 is 2.16. The molecular formula is C47H47Br2NSi. The molecule has 0 amide bonds. The van der Waals surface area contributed by atoms with Gasteiger partial charge in [0.05, 0.1) is 8.07 Å². The molecule has 6 aromatic rings. The van der Waals surface area contributed by atoms with E-state index >= 15 is 0 Å². The van der Waals surface area contributed by atoms with Gasteiger partial charge in [0.15, 0.2) is 0 Å². The van der Waals surface area contributed by atoms with Crippen molar-refractivity contribution in [2.45, 2.75) is 82.0 Å². The lowest BCUT2D eigenvalue weighted by Crippen LogP contribution is -2.50. The first-order valence-corrected chi connectivity index (χ1v) is 22.6. The molecule has 258 valence electrons. The summed E-state index contributed by atoms with van der Waals surface area (Å²) in [4.78, 5) is 2.39. The molecule has 0 radical (unpaired) electrons. The normalized spacial score (nSPS) is 18.1. The molecule has 0 bridgehead atoms. The highest BCUT2D eigenvalue weighted by atomic mass is 79.9. The van der Waals surface area contributed by atoms with Crippen LogP contribution in [0.4, 0.5) is 17.1 Å². The van der Waals surface area contributed by atoms with Crippen LogP contribution in [-0.4, -0.2) is 8.07 Å². The van der Waals surface area contributed by atoms with E-state index in [2.05, 4.69) is 206 Å². The Bertz CT molecular complexity index is 2140. The van der Waals surface area contributed by atoms with Crippen LogP contribution in [0.3, 0.4) is 0 Å². The summed E-state index contributed by atoms with van der Waals surface area (Å²) in [6, 6.07) is 48.0. The number of hydrogen-bond donors (Lipinski definition) is 0. The average Bonchev–Trinajstić information content (AvgIpc) is 3.85. The molecule has 0 heterocycles. The van der Waals surface area contributed by atoms with Gasteiger partial charge in [-0.05, 0) is 146 Å². The summed E-state index contributed by atoms with van der Waals surface area (Å²) in [5, 5.41) is 2.77. The minimum absolute atomic E-state index is 0.474. The third-order valence-electron chi connectivity index (χ3n) is 12.4. The molecule has 0 N–H and O–H groups in total. The van der Waals surface area contributed by atoms with E-state index in [9.17, 15) is 0 Å². The van der Waals surface area contributed by atoms with Gasteiger partial charge in [0.25, 0.3) is 0 Å². The van der Waals surface area contributed by atoms with E-state index in [1.165, 1.54) is 39.6 Å². The Hall–Kier alpha value is -3.44.